The first-order valence-electron chi connectivity index (χ1n) is 10.4. The van der Waals surface area contributed by atoms with E-state index in [1.807, 2.05) is 22.8 Å². The normalized spacial score (nSPS) is 16.0. The predicted molar refractivity (Wildman–Crippen MR) is 122 cm³/mol. The zero-order valence-electron chi connectivity index (χ0n) is 17.5. The molecule has 12 heteroatoms. The SMILES string of the molecule is Nc1ncnc2c1ncn2Cc1cc(Cl)cc2cc(CNC(=O)[C@H]3CCCN3C(=O)O)[nH]c12. The van der Waals surface area contributed by atoms with Crippen molar-refractivity contribution in [1.29, 1.82) is 0 Å². The van der Waals surface area contributed by atoms with Crippen LogP contribution in [0.1, 0.15) is 24.1 Å². The molecular formula is C21H21ClN8O3. The number of carbonyl (C=O) groups excluding carboxylic acids is 1. The Kier molecular flexibility index (Phi) is 5.25. The third-order valence-corrected chi connectivity index (χ3v) is 6.07. The van der Waals surface area contributed by atoms with E-state index in [1.54, 1.807) is 6.33 Å². The molecule has 0 bridgehead atoms. The highest BCUT2D eigenvalue weighted by Crippen LogP contribution is 2.27. The van der Waals surface area contributed by atoms with Gasteiger partial charge in [0.15, 0.2) is 11.5 Å². The highest BCUT2D eigenvalue weighted by Gasteiger charge is 2.33. The maximum Gasteiger partial charge on any atom is 0.407 e. The van der Waals surface area contributed by atoms with Crippen LogP contribution in [-0.4, -0.2) is 59.1 Å². The number of hydrogen-bond donors (Lipinski definition) is 4. The number of hydrogen-bond acceptors (Lipinski definition) is 6. The van der Waals surface area contributed by atoms with Crippen molar-refractivity contribution < 1.29 is 14.7 Å². The number of carboxylic acid groups (broad SMARTS) is 1. The van der Waals surface area contributed by atoms with E-state index >= 15 is 0 Å². The molecule has 1 aliphatic heterocycles. The van der Waals surface area contributed by atoms with Crippen molar-refractivity contribution in [2.45, 2.75) is 32.0 Å². The van der Waals surface area contributed by atoms with Gasteiger partial charge in [0.1, 0.15) is 17.9 Å². The van der Waals surface area contributed by atoms with E-state index in [-0.39, 0.29) is 12.5 Å². The van der Waals surface area contributed by atoms with Crippen molar-refractivity contribution in [3.63, 3.8) is 0 Å². The lowest BCUT2D eigenvalue weighted by atomic mass is 10.1. The standard InChI is InChI=1S/C21H21ClN8O3/c22-13-4-11-6-14(7-24-20(31)15-2-1-3-30(15)21(32)33)28-16(11)12(5-13)8-29-10-27-17-18(23)25-9-26-19(17)29/h4-6,9-10,15,28H,1-3,7-8H2,(H,24,31)(H,32,33)(H2,23,25,26)/t15-/m1/s1. The molecule has 1 saturated heterocycles. The van der Waals surface area contributed by atoms with Crippen LogP contribution in [0.15, 0.2) is 30.9 Å². The fraction of sp³-hybridized carbons (Fsp3) is 0.286. The van der Waals surface area contributed by atoms with Gasteiger partial charge in [0, 0.05) is 22.6 Å². The van der Waals surface area contributed by atoms with Gasteiger partial charge in [0.05, 0.1) is 24.9 Å². The molecule has 170 valence electrons. The van der Waals surface area contributed by atoms with Gasteiger partial charge in [0.2, 0.25) is 5.91 Å². The molecule has 0 radical (unpaired) electrons. The number of likely N-dealkylation sites (tertiary alicyclic amines) is 1. The average molecular weight is 469 g/mol. The number of nitrogens with one attached hydrogen (secondary N) is 2. The van der Waals surface area contributed by atoms with E-state index < -0.39 is 12.1 Å². The molecule has 3 aromatic heterocycles. The first-order valence-corrected chi connectivity index (χ1v) is 10.8. The van der Waals surface area contributed by atoms with Crippen molar-refractivity contribution in [3.8, 4) is 0 Å². The number of amides is 2. The number of nitrogens with zero attached hydrogens (tertiary/aromatic N) is 5. The van der Waals surface area contributed by atoms with Gasteiger partial charge < -0.3 is 25.7 Å². The minimum atomic E-state index is -1.07. The molecule has 0 unspecified atom stereocenters. The fourth-order valence-corrected chi connectivity index (χ4v) is 4.57. The largest absolute Gasteiger partial charge is 0.465 e. The summed E-state index contributed by atoms with van der Waals surface area (Å²) in [5, 5.41) is 13.6. The number of anilines is 1. The number of nitrogens with two attached hydrogens (primary N) is 1. The third-order valence-electron chi connectivity index (χ3n) is 5.86. The van der Waals surface area contributed by atoms with Crippen LogP contribution < -0.4 is 11.1 Å². The number of fused-ring (bicyclic) bond motifs is 2. The average Bonchev–Trinajstić information content (AvgIpc) is 3.51. The number of carbonyl (C=O) groups is 2. The summed E-state index contributed by atoms with van der Waals surface area (Å²) in [6.07, 6.45) is 3.18. The number of H-pyrrole nitrogens is 1. The Morgan fingerprint density at radius 3 is 2.94 bits per heavy atom. The van der Waals surface area contributed by atoms with Crippen LogP contribution in [0.25, 0.3) is 22.1 Å². The fourth-order valence-electron chi connectivity index (χ4n) is 4.32. The number of aromatic amines is 1. The predicted octanol–water partition coefficient (Wildman–Crippen LogP) is 2.35. The zero-order chi connectivity index (χ0) is 23.1. The summed E-state index contributed by atoms with van der Waals surface area (Å²) in [4.78, 5) is 41.0. The molecule has 1 aromatic carbocycles. The van der Waals surface area contributed by atoms with Gasteiger partial charge in [-0.1, -0.05) is 11.6 Å². The van der Waals surface area contributed by atoms with Gasteiger partial charge in [-0.3, -0.25) is 9.69 Å². The summed E-state index contributed by atoms with van der Waals surface area (Å²) in [7, 11) is 0. The minimum absolute atomic E-state index is 0.242. The maximum atomic E-state index is 12.5. The number of nitrogen functional groups attached to an aromatic ring is 1. The molecular weight excluding hydrogens is 448 g/mol. The Balaban J connectivity index is 1.38. The van der Waals surface area contributed by atoms with Crippen LogP contribution in [0.2, 0.25) is 5.02 Å². The molecule has 11 nitrogen and oxygen atoms in total. The Hall–Kier alpha value is -3.86. The van der Waals surface area contributed by atoms with Crippen LogP contribution >= 0.6 is 11.6 Å². The second kappa shape index (κ2) is 8.24. The first-order chi connectivity index (χ1) is 15.9. The quantitative estimate of drug-likeness (QED) is 0.350. The van der Waals surface area contributed by atoms with E-state index in [2.05, 4.69) is 25.3 Å². The van der Waals surface area contributed by atoms with Gasteiger partial charge in [-0.15, -0.1) is 0 Å². The Bertz CT molecular complexity index is 1380. The van der Waals surface area contributed by atoms with Gasteiger partial charge in [-0.05, 0) is 36.6 Å². The van der Waals surface area contributed by atoms with Crippen LogP contribution in [0.5, 0.6) is 0 Å². The van der Waals surface area contributed by atoms with Gasteiger partial charge >= 0.3 is 6.09 Å². The van der Waals surface area contributed by atoms with Gasteiger partial charge in [-0.25, -0.2) is 19.7 Å². The lowest BCUT2D eigenvalue weighted by Crippen LogP contribution is -2.45. The van der Waals surface area contributed by atoms with Crippen LogP contribution in [0.3, 0.4) is 0 Å². The highest BCUT2D eigenvalue weighted by atomic mass is 35.5. The Labute approximate surface area is 192 Å². The second-order valence-corrected chi connectivity index (χ2v) is 8.42. The van der Waals surface area contributed by atoms with Crippen LogP contribution in [0.4, 0.5) is 10.6 Å². The highest BCUT2D eigenvalue weighted by molar-refractivity contribution is 6.31. The number of rotatable bonds is 5. The number of benzene rings is 1. The van der Waals surface area contributed by atoms with Crippen molar-refractivity contribution in [1.82, 2.24) is 34.7 Å². The summed E-state index contributed by atoms with van der Waals surface area (Å²) >= 11 is 6.36. The minimum Gasteiger partial charge on any atom is -0.465 e. The molecule has 1 fully saturated rings. The van der Waals surface area contributed by atoms with Gasteiger partial charge in [-0.2, -0.15) is 0 Å². The number of imidazole rings is 1. The number of halogens is 1. The smallest absolute Gasteiger partial charge is 0.407 e. The third kappa shape index (κ3) is 3.91. The summed E-state index contributed by atoms with van der Waals surface area (Å²) in [5.41, 5.74) is 9.61. The van der Waals surface area contributed by atoms with E-state index in [9.17, 15) is 14.7 Å². The van der Waals surface area contributed by atoms with Crippen molar-refractivity contribution in [2.75, 3.05) is 12.3 Å². The summed E-state index contributed by atoms with van der Waals surface area (Å²) in [6.45, 7) is 1.07. The molecule has 4 aromatic rings. The second-order valence-electron chi connectivity index (χ2n) is 7.98. The molecule has 4 heterocycles. The van der Waals surface area contributed by atoms with Gasteiger partial charge in [0.25, 0.3) is 0 Å². The van der Waals surface area contributed by atoms with E-state index in [0.29, 0.717) is 47.9 Å². The molecule has 1 aliphatic rings. The lowest BCUT2D eigenvalue weighted by Gasteiger charge is -2.20. The summed E-state index contributed by atoms with van der Waals surface area (Å²) in [6, 6.07) is 4.97. The Morgan fingerprint density at radius 1 is 1.27 bits per heavy atom. The van der Waals surface area contributed by atoms with Crippen molar-refractivity contribution >= 4 is 51.5 Å². The Morgan fingerprint density at radius 2 is 2.12 bits per heavy atom. The van der Waals surface area contributed by atoms with E-state index in [1.165, 1.54) is 11.2 Å². The lowest BCUT2D eigenvalue weighted by molar-refractivity contribution is -0.125. The molecule has 33 heavy (non-hydrogen) atoms. The van der Waals surface area contributed by atoms with E-state index in [4.69, 9.17) is 17.3 Å². The maximum absolute atomic E-state index is 12.5. The topological polar surface area (TPSA) is 155 Å². The van der Waals surface area contributed by atoms with E-state index in [0.717, 1.165) is 22.2 Å². The molecule has 1 atom stereocenters. The summed E-state index contributed by atoms with van der Waals surface area (Å²) < 4.78 is 1.86. The first kappa shape index (κ1) is 21.0. The van der Waals surface area contributed by atoms with Crippen molar-refractivity contribution in [3.05, 3.63) is 47.1 Å². The molecule has 5 N–H and O–H groups in total. The molecule has 0 spiro atoms. The molecule has 5 rings (SSSR count). The number of aromatic nitrogens is 5. The monoisotopic (exact) mass is 468 g/mol. The van der Waals surface area contributed by atoms with Crippen molar-refractivity contribution in [2.24, 2.45) is 0 Å². The zero-order valence-corrected chi connectivity index (χ0v) is 18.2. The van der Waals surface area contributed by atoms with Crippen LogP contribution in [0, 0.1) is 0 Å². The summed E-state index contributed by atoms with van der Waals surface area (Å²) in [5.74, 6) is 0.0191. The molecule has 0 saturated carbocycles. The van der Waals surface area contributed by atoms with Crippen LogP contribution in [-0.2, 0) is 17.9 Å². The molecule has 0 aliphatic carbocycles. The molecule has 2 amide bonds.